The van der Waals surface area contributed by atoms with E-state index in [1.165, 1.54) is 0 Å². The molecule has 0 aliphatic rings. The Hall–Kier alpha value is -1.07. The van der Waals surface area contributed by atoms with E-state index in [1.54, 1.807) is 4.68 Å². The molecule has 5 heteroatoms. The minimum absolute atomic E-state index is 0.408. The number of aliphatic hydroxyl groups excluding tert-OH is 1. The molecule has 0 aliphatic carbocycles. The SMILES string of the molecule is CCCN(CC)CC(O)Cn1nc(C)c(N)c1C. The van der Waals surface area contributed by atoms with Gasteiger partial charge in [-0.05, 0) is 33.4 Å². The van der Waals surface area contributed by atoms with E-state index < -0.39 is 6.10 Å². The van der Waals surface area contributed by atoms with Crippen LogP contribution in [0.1, 0.15) is 31.7 Å². The number of nitrogen functional groups attached to an aromatic ring is 1. The van der Waals surface area contributed by atoms with E-state index in [2.05, 4.69) is 23.8 Å². The summed E-state index contributed by atoms with van der Waals surface area (Å²) in [6, 6.07) is 0. The van der Waals surface area contributed by atoms with Gasteiger partial charge in [0.25, 0.3) is 0 Å². The highest BCUT2D eigenvalue weighted by molar-refractivity contribution is 5.46. The van der Waals surface area contributed by atoms with E-state index in [0.717, 1.165) is 36.6 Å². The molecule has 0 aromatic carbocycles. The highest BCUT2D eigenvalue weighted by Crippen LogP contribution is 2.15. The molecule has 0 fully saturated rings. The lowest BCUT2D eigenvalue weighted by Gasteiger charge is -2.23. The molecule has 1 atom stereocenters. The van der Waals surface area contributed by atoms with Crippen molar-refractivity contribution in [1.82, 2.24) is 14.7 Å². The third kappa shape index (κ3) is 3.71. The molecule has 0 saturated carbocycles. The van der Waals surface area contributed by atoms with Crippen molar-refractivity contribution in [2.45, 2.75) is 46.8 Å². The fraction of sp³-hybridized carbons (Fsp3) is 0.769. The zero-order chi connectivity index (χ0) is 13.7. The number of rotatable bonds is 7. The van der Waals surface area contributed by atoms with Crippen LogP contribution in [-0.2, 0) is 6.54 Å². The second-order valence-corrected chi connectivity index (χ2v) is 4.81. The Morgan fingerprint density at radius 3 is 2.50 bits per heavy atom. The van der Waals surface area contributed by atoms with Gasteiger partial charge in [-0.2, -0.15) is 5.10 Å². The molecule has 1 rings (SSSR count). The van der Waals surface area contributed by atoms with Crippen molar-refractivity contribution in [3.63, 3.8) is 0 Å². The molecule has 1 unspecified atom stereocenters. The van der Waals surface area contributed by atoms with Gasteiger partial charge in [0.1, 0.15) is 0 Å². The van der Waals surface area contributed by atoms with Crippen LogP contribution in [0.4, 0.5) is 5.69 Å². The van der Waals surface area contributed by atoms with Gasteiger partial charge in [-0.3, -0.25) is 4.68 Å². The summed E-state index contributed by atoms with van der Waals surface area (Å²) in [6.45, 7) is 11.3. The van der Waals surface area contributed by atoms with Gasteiger partial charge >= 0.3 is 0 Å². The van der Waals surface area contributed by atoms with Crippen LogP contribution in [0.2, 0.25) is 0 Å². The number of hydrogen-bond acceptors (Lipinski definition) is 4. The number of anilines is 1. The zero-order valence-corrected chi connectivity index (χ0v) is 12.0. The molecule has 0 aliphatic heterocycles. The molecule has 5 nitrogen and oxygen atoms in total. The molecule has 0 amide bonds. The summed E-state index contributed by atoms with van der Waals surface area (Å²) in [6.07, 6.45) is 0.696. The van der Waals surface area contributed by atoms with Crippen molar-refractivity contribution >= 4 is 5.69 Å². The van der Waals surface area contributed by atoms with Crippen LogP contribution in [0, 0.1) is 13.8 Å². The molecule has 3 N–H and O–H groups in total. The second kappa shape index (κ2) is 6.75. The standard InChI is InChI=1S/C13H26N4O/c1-5-7-16(6-2)8-12(18)9-17-11(4)13(14)10(3)15-17/h12,18H,5-9,14H2,1-4H3. The fourth-order valence-electron chi connectivity index (χ4n) is 2.14. The first-order valence-electron chi connectivity index (χ1n) is 6.69. The third-order valence-electron chi connectivity index (χ3n) is 3.28. The molecule has 0 bridgehead atoms. The molecule has 18 heavy (non-hydrogen) atoms. The Bertz CT molecular complexity index is 375. The predicted octanol–water partition coefficient (Wildman–Crippen LogP) is 1.17. The number of aryl methyl sites for hydroxylation is 1. The summed E-state index contributed by atoms with van der Waals surface area (Å²) in [5.41, 5.74) is 8.37. The summed E-state index contributed by atoms with van der Waals surface area (Å²) >= 11 is 0. The van der Waals surface area contributed by atoms with Crippen molar-refractivity contribution in [2.75, 3.05) is 25.4 Å². The van der Waals surface area contributed by atoms with Gasteiger partial charge in [0.2, 0.25) is 0 Å². The molecule has 0 spiro atoms. The maximum atomic E-state index is 10.1. The van der Waals surface area contributed by atoms with Gasteiger partial charge in [0.05, 0.1) is 29.7 Å². The fourth-order valence-corrected chi connectivity index (χ4v) is 2.14. The number of nitrogens with zero attached hydrogens (tertiary/aromatic N) is 3. The number of aromatic nitrogens is 2. The third-order valence-corrected chi connectivity index (χ3v) is 3.28. The number of aliphatic hydroxyl groups is 1. The van der Waals surface area contributed by atoms with Gasteiger partial charge < -0.3 is 15.7 Å². The summed E-state index contributed by atoms with van der Waals surface area (Å²) < 4.78 is 1.80. The maximum absolute atomic E-state index is 10.1. The second-order valence-electron chi connectivity index (χ2n) is 4.81. The van der Waals surface area contributed by atoms with Crippen LogP contribution in [0.25, 0.3) is 0 Å². The lowest BCUT2D eigenvalue weighted by molar-refractivity contribution is 0.0966. The van der Waals surface area contributed by atoms with Crippen molar-refractivity contribution in [3.05, 3.63) is 11.4 Å². The summed E-state index contributed by atoms with van der Waals surface area (Å²) in [5, 5.41) is 14.5. The normalized spacial score (nSPS) is 13.2. The van der Waals surface area contributed by atoms with E-state index in [9.17, 15) is 5.11 Å². The summed E-state index contributed by atoms with van der Waals surface area (Å²) in [5.74, 6) is 0. The first-order valence-corrected chi connectivity index (χ1v) is 6.69. The minimum atomic E-state index is -0.408. The highest BCUT2D eigenvalue weighted by Gasteiger charge is 2.14. The quantitative estimate of drug-likeness (QED) is 0.766. The van der Waals surface area contributed by atoms with Crippen molar-refractivity contribution in [1.29, 1.82) is 0 Å². The Kier molecular flexibility index (Phi) is 5.62. The van der Waals surface area contributed by atoms with Crippen LogP contribution in [-0.4, -0.2) is 45.5 Å². The average Bonchev–Trinajstić information content (AvgIpc) is 2.56. The summed E-state index contributed by atoms with van der Waals surface area (Å²) in [7, 11) is 0. The zero-order valence-electron chi connectivity index (χ0n) is 12.0. The van der Waals surface area contributed by atoms with Crippen LogP contribution in [0.15, 0.2) is 0 Å². The van der Waals surface area contributed by atoms with E-state index in [-0.39, 0.29) is 0 Å². The number of nitrogens with two attached hydrogens (primary N) is 1. The smallest absolute Gasteiger partial charge is 0.0862 e. The van der Waals surface area contributed by atoms with Gasteiger partial charge in [0.15, 0.2) is 0 Å². The molecular formula is C13H26N4O. The van der Waals surface area contributed by atoms with Crippen LogP contribution in [0.5, 0.6) is 0 Å². The Balaban J connectivity index is 2.58. The molecular weight excluding hydrogens is 228 g/mol. The van der Waals surface area contributed by atoms with E-state index >= 15 is 0 Å². The van der Waals surface area contributed by atoms with E-state index in [1.807, 2.05) is 13.8 Å². The summed E-state index contributed by atoms with van der Waals surface area (Å²) in [4.78, 5) is 2.25. The van der Waals surface area contributed by atoms with Crippen molar-refractivity contribution in [2.24, 2.45) is 0 Å². The van der Waals surface area contributed by atoms with Gasteiger partial charge in [-0.25, -0.2) is 0 Å². The van der Waals surface area contributed by atoms with Crippen LogP contribution >= 0.6 is 0 Å². The average molecular weight is 254 g/mol. The molecule has 1 aromatic heterocycles. The lowest BCUT2D eigenvalue weighted by atomic mass is 10.3. The largest absolute Gasteiger partial charge is 0.396 e. The highest BCUT2D eigenvalue weighted by atomic mass is 16.3. The van der Waals surface area contributed by atoms with Gasteiger partial charge in [-0.1, -0.05) is 13.8 Å². The Morgan fingerprint density at radius 2 is 2.06 bits per heavy atom. The first kappa shape index (κ1) is 15.0. The molecule has 0 saturated heterocycles. The van der Waals surface area contributed by atoms with Gasteiger partial charge in [0, 0.05) is 6.54 Å². The van der Waals surface area contributed by atoms with Crippen molar-refractivity contribution < 1.29 is 5.11 Å². The number of hydrogen-bond donors (Lipinski definition) is 2. The Morgan fingerprint density at radius 1 is 1.39 bits per heavy atom. The minimum Gasteiger partial charge on any atom is -0.396 e. The molecule has 1 heterocycles. The number of likely N-dealkylation sites (N-methyl/N-ethyl adjacent to an activating group) is 1. The van der Waals surface area contributed by atoms with Crippen LogP contribution < -0.4 is 5.73 Å². The van der Waals surface area contributed by atoms with Crippen LogP contribution in [0.3, 0.4) is 0 Å². The monoisotopic (exact) mass is 254 g/mol. The van der Waals surface area contributed by atoms with E-state index in [4.69, 9.17) is 5.73 Å². The Labute approximate surface area is 110 Å². The van der Waals surface area contributed by atoms with E-state index in [0.29, 0.717) is 13.1 Å². The van der Waals surface area contributed by atoms with Crippen molar-refractivity contribution in [3.8, 4) is 0 Å². The molecule has 104 valence electrons. The van der Waals surface area contributed by atoms with Gasteiger partial charge in [-0.15, -0.1) is 0 Å². The molecule has 0 radical (unpaired) electrons. The lowest BCUT2D eigenvalue weighted by Crippen LogP contribution is -2.35. The molecule has 1 aromatic rings. The topological polar surface area (TPSA) is 67.3 Å². The predicted molar refractivity (Wildman–Crippen MR) is 74.5 cm³/mol. The maximum Gasteiger partial charge on any atom is 0.0862 e. The first-order chi connectivity index (χ1) is 8.49.